The monoisotopic (exact) mass is 378 g/mol. The molecular formula is C22H22N2O2S. The molecule has 0 radical (unpaired) electrons. The molecule has 0 N–H and O–H groups in total. The number of carbonyl (C=O) groups is 1. The zero-order valence-corrected chi connectivity index (χ0v) is 16.1. The van der Waals surface area contributed by atoms with Gasteiger partial charge in [0.1, 0.15) is 22.2 Å². The van der Waals surface area contributed by atoms with Crippen LogP contribution in [0.2, 0.25) is 0 Å². The van der Waals surface area contributed by atoms with E-state index in [1.165, 1.54) is 17.8 Å². The number of hydrogen-bond donors (Lipinski definition) is 0. The number of carbonyl (C=O) groups excluding carboxylic acids is 1. The molecule has 0 bridgehead atoms. The van der Waals surface area contributed by atoms with Crippen LogP contribution in [0.15, 0.2) is 52.3 Å². The van der Waals surface area contributed by atoms with E-state index < -0.39 is 0 Å². The second kappa shape index (κ2) is 6.64. The van der Waals surface area contributed by atoms with Gasteiger partial charge in [-0.25, -0.2) is 4.98 Å². The molecule has 138 valence electrons. The van der Waals surface area contributed by atoms with E-state index >= 15 is 0 Å². The van der Waals surface area contributed by atoms with Crippen LogP contribution in [-0.4, -0.2) is 21.8 Å². The molecule has 2 aromatic heterocycles. The lowest BCUT2D eigenvalue weighted by Gasteiger charge is -2.20. The molecule has 2 saturated carbocycles. The van der Waals surface area contributed by atoms with Gasteiger partial charge in [0.05, 0.1) is 6.54 Å². The minimum absolute atomic E-state index is 0.00803. The Morgan fingerprint density at radius 3 is 2.70 bits per heavy atom. The Kier molecular flexibility index (Phi) is 4.12. The van der Waals surface area contributed by atoms with Crippen molar-refractivity contribution in [2.75, 3.05) is 0 Å². The first-order valence-electron chi connectivity index (χ1n) is 9.59. The van der Waals surface area contributed by atoms with Crippen molar-refractivity contribution in [1.82, 2.24) is 9.88 Å². The quantitative estimate of drug-likeness (QED) is 0.582. The van der Waals surface area contributed by atoms with Crippen LogP contribution in [0, 0.1) is 5.92 Å². The first-order chi connectivity index (χ1) is 13.2. The van der Waals surface area contributed by atoms with Crippen LogP contribution < -0.4 is 0 Å². The van der Waals surface area contributed by atoms with E-state index in [-0.39, 0.29) is 5.91 Å². The van der Waals surface area contributed by atoms with Crippen LogP contribution in [-0.2, 0) is 6.54 Å². The summed E-state index contributed by atoms with van der Waals surface area (Å²) < 4.78 is 6.04. The minimum atomic E-state index is 0.00803. The summed E-state index contributed by atoms with van der Waals surface area (Å²) in [6, 6.07) is 14.4. The van der Waals surface area contributed by atoms with E-state index in [1.54, 1.807) is 0 Å². The molecule has 2 fully saturated rings. The van der Waals surface area contributed by atoms with Gasteiger partial charge >= 0.3 is 0 Å². The Labute approximate surface area is 162 Å². The number of furan rings is 1. The average Bonchev–Trinajstić information content (AvgIpc) is 3.55. The summed E-state index contributed by atoms with van der Waals surface area (Å²) >= 11 is 1.52. The summed E-state index contributed by atoms with van der Waals surface area (Å²) in [6.07, 6.45) is 3.34. The van der Waals surface area contributed by atoms with E-state index in [4.69, 9.17) is 4.42 Å². The smallest absolute Gasteiger partial charge is 0.274 e. The van der Waals surface area contributed by atoms with E-state index in [1.807, 2.05) is 46.7 Å². The Balaban J connectivity index is 1.34. The van der Waals surface area contributed by atoms with Gasteiger partial charge in [0.15, 0.2) is 0 Å². The standard InChI is InChI=1S/C22H22N2O2S/c1-14-11-18(14)20-10-9-17(26-20)12-24(16-7-8-16)22(25)19-13-27-21(23-19)15-5-3-2-4-6-15/h2-6,9-10,13-14,16,18H,7-8,11-12H2,1H3. The average molecular weight is 378 g/mol. The SMILES string of the molecule is CC1CC1c1ccc(CN(C(=O)c2csc(-c3ccccc3)n2)C2CC2)o1. The molecule has 2 unspecified atom stereocenters. The number of nitrogens with zero attached hydrogens (tertiary/aromatic N) is 2. The lowest BCUT2D eigenvalue weighted by atomic mass is 10.2. The van der Waals surface area contributed by atoms with Crippen molar-refractivity contribution in [1.29, 1.82) is 0 Å². The van der Waals surface area contributed by atoms with Gasteiger partial charge in [0.2, 0.25) is 0 Å². The van der Waals surface area contributed by atoms with E-state index in [0.29, 0.717) is 24.2 Å². The molecule has 3 aromatic rings. The number of benzene rings is 1. The Hall–Kier alpha value is -2.40. The van der Waals surface area contributed by atoms with Crippen molar-refractivity contribution in [3.63, 3.8) is 0 Å². The number of aromatic nitrogens is 1. The molecule has 0 aliphatic heterocycles. The van der Waals surface area contributed by atoms with Gasteiger partial charge in [0.25, 0.3) is 5.91 Å². The predicted molar refractivity (Wildman–Crippen MR) is 106 cm³/mol. The molecule has 5 rings (SSSR count). The fourth-order valence-corrected chi connectivity index (χ4v) is 4.35. The molecule has 2 heterocycles. The molecule has 4 nitrogen and oxygen atoms in total. The van der Waals surface area contributed by atoms with Crippen molar-refractivity contribution in [3.05, 3.63) is 65.1 Å². The van der Waals surface area contributed by atoms with Gasteiger partial charge in [-0.3, -0.25) is 4.79 Å². The molecule has 27 heavy (non-hydrogen) atoms. The highest BCUT2D eigenvalue weighted by atomic mass is 32.1. The highest BCUT2D eigenvalue weighted by Gasteiger charge is 2.38. The molecular weight excluding hydrogens is 356 g/mol. The molecule has 1 aromatic carbocycles. The van der Waals surface area contributed by atoms with Crippen LogP contribution in [0.1, 0.15) is 54.1 Å². The van der Waals surface area contributed by atoms with Gasteiger partial charge < -0.3 is 9.32 Å². The molecule has 2 aliphatic rings. The number of thiazole rings is 1. The van der Waals surface area contributed by atoms with Crippen LogP contribution in [0.5, 0.6) is 0 Å². The fourth-order valence-electron chi connectivity index (χ4n) is 3.55. The van der Waals surface area contributed by atoms with Crippen molar-refractivity contribution >= 4 is 17.2 Å². The number of rotatable bonds is 6. The maximum Gasteiger partial charge on any atom is 0.274 e. The van der Waals surface area contributed by atoms with Crippen LogP contribution >= 0.6 is 11.3 Å². The van der Waals surface area contributed by atoms with Crippen molar-refractivity contribution in [2.24, 2.45) is 5.92 Å². The van der Waals surface area contributed by atoms with Gasteiger partial charge in [-0.1, -0.05) is 37.3 Å². The van der Waals surface area contributed by atoms with Crippen molar-refractivity contribution in [2.45, 2.75) is 44.7 Å². The first-order valence-corrected chi connectivity index (χ1v) is 10.5. The second-order valence-electron chi connectivity index (χ2n) is 7.69. The third kappa shape index (κ3) is 3.44. The highest BCUT2D eigenvalue weighted by Crippen LogP contribution is 2.47. The van der Waals surface area contributed by atoms with Gasteiger partial charge in [-0.2, -0.15) is 0 Å². The van der Waals surface area contributed by atoms with E-state index in [2.05, 4.69) is 18.0 Å². The van der Waals surface area contributed by atoms with Gasteiger partial charge in [0, 0.05) is 22.9 Å². The maximum atomic E-state index is 13.1. The first kappa shape index (κ1) is 16.8. The summed E-state index contributed by atoms with van der Waals surface area (Å²) in [5.41, 5.74) is 1.59. The largest absolute Gasteiger partial charge is 0.464 e. The molecule has 0 spiro atoms. The zero-order valence-electron chi connectivity index (χ0n) is 15.3. The zero-order chi connectivity index (χ0) is 18.4. The molecule has 5 heteroatoms. The van der Waals surface area contributed by atoms with Crippen LogP contribution in [0.3, 0.4) is 0 Å². The lowest BCUT2D eigenvalue weighted by Crippen LogP contribution is -2.32. The van der Waals surface area contributed by atoms with Crippen molar-refractivity contribution in [3.8, 4) is 10.6 Å². The van der Waals surface area contributed by atoms with Crippen LogP contribution in [0.4, 0.5) is 0 Å². The van der Waals surface area contributed by atoms with Gasteiger partial charge in [-0.15, -0.1) is 11.3 Å². The maximum absolute atomic E-state index is 13.1. The fraction of sp³-hybridized carbons (Fsp3) is 0.364. The predicted octanol–water partition coefficient (Wildman–Crippen LogP) is 5.33. The van der Waals surface area contributed by atoms with Gasteiger partial charge in [-0.05, 0) is 37.3 Å². The Morgan fingerprint density at radius 2 is 2.00 bits per heavy atom. The second-order valence-corrected chi connectivity index (χ2v) is 8.55. The normalized spacial score (nSPS) is 21.2. The summed E-state index contributed by atoms with van der Waals surface area (Å²) in [6.45, 7) is 2.78. The molecule has 1 amide bonds. The summed E-state index contributed by atoms with van der Waals surface area (Å²) in [7, 11) is 0. The van der Waals surface area contributed by atoms with E-state index in [9.17, 15) is 4.79 Å². The highest BCUT2D eigenvalue weighted by molar-refractivity contribution is 7.13. The molecule has 2 atom stereocenters. The molecule has 2 aliphatic carbocycles. The summed E-state index contributed by atoms with van der Waals surface area (Å²) in [4.78, 5) is 19.6. The topological polar surface area (TPSA) is 46.3 Å². The Morgan fingerprint density at radius 1 is 1.22 bits per heavy atom. The van der Waals surface area contributed by atoms with Crippen molar-refractivity contribution < 1.29 is 9.21 Å². The lowest BCUT2D eigenvalue weighted by molar-refractivity contribution is 0.0711. The summed E-state index contributed by atoms with van der Waals surface area (Å²) in [5, 5.41) is 2.76. The Bertz CT molecular complexity index is 958. The van der Waals surface area contributed by atoms with Crippen LogP contribution in [0.25, 0.3) is 10.6 Å². The third-order valence-electron chi connectivity index (χ3n) is 5.48. The number of hydrogen-bond acceptors (Lipinski definition) is 4. The minimum Gasteiger partial charge on any atom is -0.464 e. The molecule has 0 saturated heterocycles. The summed E-state index contributed by atoms with van der Waals surface area (Å²) in [5.74, 6) is 3.24. The van der Waals surface area contributed by atoms with E-state index in [0.717, 1.165) is 40.9 Å². The number of amides is 1. The third-order valence-corrected chi connectivity index (χ3v) is 6.37.